The van der Waals surface area contributed by atoms with Gasteiger partial charge in [-0.05, 0) is 50.4 Å². The molecule has 3 fully saturated rings. The molecule has 7 atom stereocenters. The maximum atomic E-state index is 14.3. The summed E-state index contributed by atoms with van der Waals surface area (Å²) < 4.78 is 37.7. The van der Waals surface area contributed by atoms with Crippen molar-refractivity contribution in [1.29, 1.82) is 0 Å². The molecule has 10 nitrogen and oxygen atoms in total. The Kier molecular flexibility index (Phi) is 7.47. The van der Waals surface area contributed by atoms with Gasteiger partial charge in [0.15, 0.2) is 19.5 Å². The van der Waals surface area contributed by atoms with Gasteiger partial charge in [0.2, 0.25) is 0 Å². The van der Waals surface area contributed by atoms with Gasteiger partial charge in [-0.2, -0.15) is 0 Å². The number of rotatable bonds is 7. The molecule has 11 heteroatoms. The van der Waals surface area contributed by atoms with Crippen LogP contribution in [0.25, 0.3) is 0 Å². The molecule has 0 aromatic heterocycles. The SMILES string of the molecule is COC(=O)C12ON=C3CCC(OCc4ccccc4)C(C4OC(C)(C)OC4C1O[Si](C)(C)C(C)(C)C)C32C(=O)OC. The molecule has 0 radical (unpaired) electrons. The van der Waals surface area contributed by atoms with Crippen molar-refractivity contribution < 1.29 is 42.5 Å². The van der Waals surface area contributed by atoms with Crippen LogP contribution < -0.4 is 0 Å². The lowest BCUT2D eigenvalue weighted by Crippen LogP contribution is -2.80. The third kappa shape index (κ3) is 4.38. The molecule has 2 saturated carbocycles. The van der Waals surface area contributed by atoms with Crippen molar-refractivity contribution in [3.8, 4) is 0 Å². The van der Waals surface area contributed by atoms with E-state index in [2.05, 4.69) is 39.0 Å². The molecule has 2 heterocycles. The molecule has 1 saturated heterocycles. The lowest BCUT2D eigenvalue weighted by atomic mass is 9.48. The molecule has 1 aromatic carbocycles. The quantitative estimate of drug-likeness (QED) is 0.338. The second kappa shape index (κ2) is 10.2. The molecule has 2 aliphatic carbocycles. The second-order valence-corrected chi connectivity index (χ2v) is 18.2. The van der Waals surface area contributed by atoms with Gasteiger partial charge in [-0.1, -0.05) is 56.3 Å². The molecule has 2 aliphatic heterocycles. The highest BCUT2D eigenvalue weighted by atomic mass is 28.4. The fourth-order valence-corrected chi connectivity index (χ4v) is 8.13. The van der Waals surface area contributed by atoms with E-state index in [1.165, 1.54) is 14.2 Å². The van der Waals surface area contributed by atoms with E-state index < -0.39 is 67.4 Å². The van der Waals surface area contributed by atoms with E-state index in [0.717, 1.165) is 5.56 Å². The number of oxime groups is 1. The summed E-state index contributed by atoms with van der Waals surface area (Å²) in [6, 6.07) is 9.80. The van der Waals surface area contributed by atoms with Crippen molar-refractivity contribution in [3.05, 3.63) is 35.9 Å². The Morgan fingerprint density at radius 2 is 1.66 bits per heavy atom. The second-order valence-electron chi connectivity index (χ2n) is 13.4. The highest BCUT2D eigenvalue weighted by Crippen LogP contribution is 2.64. The van der Waals surface area contributed by atoms with Crippen molar-refractivity contribution >= 4 is 26.0 Å². The summed E-state index contributed by atoms with van der Waals surface area (Å²) >= 11 is 0. The lowest BCUT2D eigenvalue weighted by Gasteiger charge is -2.58. The lowest BCUT2D eigenvalue weighted by molar-refractivity contribution is -0.256. The van der Waals surface area contributed by atoms with Crippen LogP contribution in [0.4, 0.5) is 0 Å². The van der Waals surface area contributed by atoms with Gasteiger partial charge in [0.05, 0.1) is 38.7 Å². The Bertz CT molecular complexity index is 1210. The van der Waals surface area contributed by atoms with E-state index >= 15 is 0 Å². The molecular formula is C30H43NO9Si. The van der Waals surface area contributed by atoms with Crippen LogP contribution in [0.2, 0.25) is 18.1 Å². The molecule has 0 bridgehead atoms. The number of methoxy groups -OCH3 is 2. The van der Waals surface area contributed by atoms with Crippen LogP contribution in [0, 0.1) is 11.3 Å². The summed E-state index contributed by atoms with van der Waals surface area (Å²) in [5.41, 5.74) is -2.33. The third-order valence-electron chi connectivity index (χ3n) is 9.65. The normalized spacial score (nSPS) is 35.5. The van der Waals surface area contributed by atoms with E-state index in [-0.39, 0.29) is 5.04 Å². The summed E-state index contributed by atoms with van der Waals surface area (Å²) in [7, 11) is -0.0334. The Morgan fingerprint density at radius 3 is 2.27 bits per heavy atom. The number of esters is 2. The van der Waals surface area contributed by atoms with Gasteiger partial charge < -0.3 is 32.9 Å². The minimum atomic E-state index is -2.61. The zero-order valence-corrected chi connectivity index (χ0v) is 26.5. The highest BCUT2D eigenvalue weighted by molar-refractivity contribution is 6.74. The first-order chi connectivity index (χ1) is 19.2. The molecule has 226 valence electrons. The van der Waals surface area contributed by atoms with Crippen molar-refractivity contribution in [2.75, 3.05) is 14.2 Å². The number of hydrogen-bond donors (Lipinski definition) is 0. The average molecular weight is 590 g/mol. The number of carbonyl (C=O) groups excluding carboxylic acids is 2. The number of fused-ring (bicyclic) bond motifs is 2. The van der Waals surface area contributed by atoms with Crippen molar-refractivity contribution in [1.82, 2.24) is 0 Å². The number of benzene rings is 1. The molecule has 1 aromatic rings. The minimum Gasteiger partial charge on any atom is -0.468 e. The van der Waals surface area contributed by atoms with Crippen LogP contribution >= 0.6 is 0 Å². The molecule has 4 aliphatic rings. The van der Waals surface area contributed by atoms with E-state index in [9.17, 15) is 9.59 Å². The van der Waals surface area contributed by atoms with Crippen LogP contribution in [-0.4, -0.2) is 76.0 Å². The van der Waals surface area contributed by atoms with Gasteiger partial charge in [0.1, 0.15) is 12.2 Å². The number of carbonyl (C=O) groups is 2. The fraction of sp³-hybridized carbons (Fsp3) is 0.700. The van der Waals surface area contributed by atoms with Crippen LogP contribution in [0.5, 0.6) is 0 Å². The Balaban J connectivity index is 1.72. The average Bonchev–Trinajstić information content (AvgIpc) is 3.44. The molecular weight excluding hydrogens is 546 g/mol. The Hall–Kier alpha value is -2.31. The largest absolute Gasteiger partial charge is 0.468 e. The predicted octanol–water partition coefficient (Wildman–Crippen LogP) is 4.36. The summed E-state index contributed by atoms with van der Waals surface area (Å²) in [4.78, 5) is 34.7. The highest BCUT2D eigenvalue weighted by Gasteiger charge is 2.86. The Morgan fingerprint density at radius 1 is 1.02 bits per heavy atom. The third-order valence-corrected chi connectivity index (χ3v) is 14.1. The summed E-state index contributed by atoms with van der Waals surface area (Å²) in [6.07, 6.45) is -2.17. The van der Waals surface area contributed by atoms with Crippen molar-refractivity contribution in [2.45, 2.75) is 108 Å². The Labute approximate surface area is 243 Å². The fourth-order valence-electron chi connectivity index (χ4n) is 6.84. The molecule has 5 rings (SSSR count). The van der Waals surface area contributed by atoms with Crippen LogP contribution in [0.1, 0.15) is 53.0 Å². The molecule has 0 N–H and O–H groups in total. The van der Waals surface area contributed by atoms with Gasteiger partial charge in [-0.15, -0.1) is 0 Å². The molecule has 0 spiro atoms. The summed E-state index contributed by atoms with van der Waals surface area (Å²) in [5.74, 6) is -3.20. The number of hydrogen-bond acceptors (Lipinski definition) is 10. The summed E-state index contributed by atoms with van der Waals surface area (Å²) in [5, 5.41) is 4.19. The van der Waals surface area contributed by atoms with Gasteiger partial charge in [-0.3, -0.25) is 4.79 Å². The molecule has 7 unspecified atom stereocenters. The minimum absolute atomic E-state index is 0.236. The van der Waals surface area contributed by atoms with Crippen molar-refractivity contribution in [2.24, 2.45) is 16.5 Å². The standard InChI is InChI=1S/C30H43NO9Si/c1-27(2,3)41(8,9)39-24-23-22(37-28(4,5)38-23)21-19(36-17-18-13-11-10-12-14-18)15-16-20-29(21,25(32)34-6)30(24,40-31-20)26(33)35-7/h10-14,19,21-24H,15-17H2,1-9H3. The van der Waals surface area contributed by atoms with Crippen LogP contribution in [-0.2, 0) is 49.1 Å². The zero-order valence-electron chi connectivity index (χ0n) is 25.5. The maximum absolute atomic E-state index is 14.3. The van der Waals surface area contributed by atoms with Gasteiger partial charge in [-0.25, -0.2) is 4.79 Å². The molecule has 41 heavy (non-hydrogen) atoms. The number of ether oxygens (including phenoxy) is 5. The topological polar surface area (TPSA) is 111 Å². The monoisotopic (exact) mass is 589 g/mol. The number of nitrogens with zero attached hydrogens (tertiary/aromatic N) is 1. The zero-order chi connectivity index (χ0) is 30.0. The first-order valence-corrected chi connectivity index (χ1v) is 17.2. The van der Waals surface area contributed by atoms with Crippen LogP contribution in [0.3, 0.4) is 0 Å². The summed E-state index contributed by atoms with van der Waals surface area (Å²) in [6.45, 7) is 14.4. The first-order valence-electron chi connectivity index (χ1n) is 14.3. The van der Waals surface area contributed by atoms with E-state index in [1.54, 1.807) is 0 Å². The van der Waals surface area contributed by atoms with E-state index in [4.69, 9.17) is 32.9 Å². The van der Waals surface area contributed by atoms with Crippen LogP contribution in [0.15, 0.2) is 35.5 Å². The maximum Gasteiger partial charge on any atom is 0.357 e. The molecule has 0 amide bonds. The van der Waals surface area contributed by atoms with Gasteiger partial charge in [0, 0.05) is 5.92 Å². The first kappa shape index (κ1) is 30.2. The van der Waals surface area contributed by atoms with Gasteiger partial charge >= 0.3 is 11.9 Å². The predicted molar refractivity (Wildman–Crippen MR) is 151 cm³/mol. The smallest absolute Gasteiger partial charge is 0.357 e. The van der Waals surface area contributed by atoms with Gasteiger partial charge in [0.25, 0.3) is 5.60 Å². The van der Waals surface area contributed by atoms with E-state index in [0.29, 0.717) is 25.2 Å². The van der Waals surface area contributed by atoms with Crippen molar-refractivity contribution in [3.63, 3.8) is 0 Å². The van der Waals surface area contributed by atoms with E-state index in [1.807, 2.05) is 44.2 Å².